The molecule has 1 heterocycles. The third-order valence-electron chi connectivity index (χ3n) is 5.24. The van der Waals surface area contributed by atoms with Crippen molar-refractivity contribution in [3.8, 4) is 11.1 Å². The van der Waals surface area contributed by atoms with Gasteiger partial charge in [0.1, 0.15) is 18.8 Å². The largest absolute Gasteiger partial charge is 0.449 e. The normalized spacial score (nSPS) is 14.4. The zero-order valence-electron chi connectivity index (χ0n) is 16.4. The van der Waals surface area contributed by atoms with Gasteiger partial charge >= 0.3 is 6.09 Å². The smallest absolute Gasteiger partial charge is 0.407 e. The number of carbonyl (C=O) groups excluding carboxylic acids is 1. The second-order valence-corrected chi connectivity index (χ2v) is 7.55. The van der Waals surface area contributed by atoms with Crippen LogP contribution >= 0.6 is 11.6 Å². The molecule has 0 spiro atoms. The van der Waals surface area contributed by atoms with E-state index in [-0.39, 0.29) is 35.7 Å². The Hall–Kier alpha value is -3.20. The molecule has 3 aromatic rings. The zero-order chi connectivity index (χ0) is 22.0. The number of anilines is 1. The number of benzene rings is 2. The molecule has 1 aliphatic rings. The van der Waals surface area contributed by atoms with E-state index in [1.807, 2.05) is 36.4 Å². The van der Waals surface area contributed by atoms with Gasteiger partial charge in [0, 0.05) is 12.5 Å². The average Bonchev–Trinajstić information content (AvgIpc) is 3.11. The van der Waals surface area contributed by atoms with E-state index in [4.69, 9.17) is 22.1 Å². The molecular formula is C22H21ClN4O4. The predicted molar refractivity (Wildman–Crippen MR) is 115 cm³/mol. The number of fused-ring (bicyclic) bond motifs is 3. The van der Waals surface area contributed by atoms with Crippen LogP contribution in [0.1, 0.15) is 28.8 Å². The lowest BCUT2D eigenvalue weighted by Gasteiger charge is -2.19. The number of hydrogen-bond acceptors (Lipinski definition) is 7. The van der Waals surface area contributed by atoms with Gasteiger partial charge in [0.15, 0.2) is 11.0 Å². The average molecular weight is 441 g/mol. The highest BCUT2D eigenvalue weighted by Crippen LogP contribution is 2.44. The van der Waals surface area contributed by atoms with Gasteiger partial charge in [-0.1, -0.05) is 60.1 Å². The molecule has 1 aliphatic carbocycles. The summed E-state index contributed by atoms with van der Waals surface area (Å²) in [5.74, 6) is -0.0512. The van der Waals surface area contributed by atoms with Crippen molar-refractivity contribution in [2.24, 2.45) is 0 Å². The number of alkyl carbamates (subject to hydrolysis) is 1. The van der Waals surface area contributed by atoms with Crippen molar-refractivity contribution in [1.29, 1.82) is 0 Å². The Morgan fingerprint density at radius 2 is 1.74 bits per heavy atom. The van der Waals surface area contributed by atoms with Crippen LogP contribution in [0, 0.1) is 0 Å². The Balaban J connectivity index is 1.34. The fraction of sp³-hybridized carbons (Fsp3) is 0.227. The highest BCUT2D eigenvalue weighted by molar-refractivity contribution is 6.31. The minimum Gasteiger partial charge on any atom is -0.449 e. The molecule has 2 atom stereocenters. The van der Waals surface area contributed by atoms with Crippen molar-refractivity contribution in [2.45, 2.75) is 18.1 Å². The molecule has 2 aromatic carbocycles. The number of nitrogens with two attached hydrogens (primary N) is 1. The first-order valence-electron chi connectivity index (χ1n) is 9.68. The molecule has 0 aliphatic heterocycles. The fourth-order valence-electron chi connectivity index (χ4n) is 3.68. The number of amides is 1. The molecule has 0 bridgehead atoms. The summed E-state index contributed by atoms with van der Waals surface area (Å²) >= 11 is 5.78. The monoisotopic (exact) mass is 440 g/mol. The molecule has 0 saturated carbocycles. The second kappa shape index (κ2) is 8.89. The van der Waals surface area contributed by atoms with Crippen LogP contribution in [0.25, 0.3) is 11.1 Å². The molecule has 0 fully saturated rings. The fourth-order valence-corrected chi connectivity index (χ4v) is 3.82. The predicted octanol–water partition coefficient (Wildman–Crippen LogP) is 2.65. The second-order valence-electron chi connectivity index (χ2n) is 7.19. The van der Waals surface area contributed by atoms with Gasteiger partial charge in [-0.15, -0.1) is 0 Å². The van der Waals surface area contributed by atoms with Crippen molar-refractivity contribution in [3.05, 3.63) is 76.7 Å². The first kappa shape index (κ1) is 21.0. The molecule has 9 heteroatoms. The summed E-state index contributed by atoms with van der Waals surface area (Å²) in [6, 6.07) is 16.1. The summed E-state index contributed by atoms with van der Waals surface area (Å²) < 4.78 is 5.40. The summed E-state index contributed by atoms with van der Waals surface area (Å²) in [6.45, 7) is -0.0981. The molecular weight excluding hydrogens is 420 g/mol. The Bertz CT molecular complexity index is 1060. The van der Waals surface area contributed by atoms with Crippen LogP contribution in [0.4, 0.5) is 10.6 Å². The van der Waals surface area contributed by atoms with E-state index in [9.17, 15) is 15.0 Å². The summed E-state index contributed by atoms with van der Waals surface area (Å²) in [7, 11) is 0. The molecule has 0 saturated heterocycles. The third kappa shape index (κ3) is 4.32. The van der Waals surface area contributed by atoms with Crippen molar-refractivity contribution in [3.63, 3.8) is 0 Å². The number of carbonyl (C=O) groups is 1. The number of aromatic nitrogens is 2. The van der Waals surface area contributed by atoms with Crippen molar-refractivity contribution < 1.29 is 19.7 Å². The van der Waals surface area contributed by atoms with E-state index < -0.39 is 18.3 Å². The van der Waals surface area contributed by atoms with Crippen molar-refractivity contribution >= 4 is 23.5 Å². The van der Waals surface area contributed by atoms with Gasteiger partial charge < -0.3 is 26.0 Å². The summed E-state index contributed by atoms with van der Waals surface area (Å²) in [5.41, 5.74) is 10.00. The molecule has 0 radical (unpaired) electrons. The van der Waals surface area contributed by atoms with E-state index in [1.54, 1.807) is 0 Å². The van der Waals surface area contributed by atoms with E-state index in [0.717, 1.165) is 22.3 Å². The zero-order valence-corrected chi connectivity index (χ0v) is 17.2. The van der Waals surface area contributed by atoms with E-state index >= 15 is 0 Å². The van der Waals surface area contributed by atoms with E-state index in [2.05, 4.69) is 27.4 Å². The van der Waals surface area contributed by atoms with Crippen molar-refractivity contribution in [1.82, 2.24) is 15.3 Å². The van der Waals surface area contributed by atoms with E-state index in [1.165, 1.54) is 6.20 Å². The molecule has 8 nitrogen and oxygen atoms in total. The lowest BCUT2D eigenvalue weighted by molar-refractivity contribution is 0.0159. The maximum atomic E-state index is 12.2. The molecule has 1 aromatic heterocycles. The van der Waals surface area contributed by atoms with E-state index in [0.29, 0.717) is 0 Å². The number of aliphatic hydroxyl groups is 2. The molecule has 5 N–H and O–H groups in total. The van der Waals surface area contributed by atoms with Gasteiger partial charge in [-0.2, -0.15) is 0 Å². The van der Waals surface area contributed by atoms with Crippen LogP contribution < -0.4 is 11.1 Å². The standard InChI is InChI=1S/C22H21ClN4O4/c23-20-21(24)25-9-17(27-20)19(29)18(28)10-26-22(30)31-11-16-14-7-3-1-5-12(14)13-6-2-4-8-15(13)16/h1-9,16,18-19,28-29H,10-11H2,(H2,24,25)(H,26,30). The molecule has 31 heavy (non-hydrogen) atoms. The number of nitrogens with one attached hydrogen (secondary N) is 1. The van der Waals surface area contributed by atoms with Crippen LogP contribution in [0.5, 0.6) is 0 Å². The minimum absolute atomic E-state index is 0.0175. The number of aliphatic hydroxyl groups excluding tert-OH is 2. The maximum absolute atomic E-state index is 12.2. The Kier molecular flexibility index (Phi) is 6.03. The summed E-state index contributed by atoms with van der Waals surface area (Å²) in [5, 5.41) is 22.7. The Morgan fingerprint density at radius 1 is 1.13 bits per heavy atom. The number of rotatable bonds is 6. The number of nitrogen functional groups attached to an aromatic ring is 1. The lowest BCUT2D eigenvalue weighted by atomic mass is 9.98. The Morgan fingerprint density at radius 3 is 2.35 bits per heavy atom. The van der Waals surface area contributed by atoms with Crippen LogP contribution in [0.2, 0.25) is 5.15 Å². The number of hydrogen-bond donors (Lipinski definition) is 4. The highest BCUT2D eigenvalue weighted by atomic mass is 35.5. The summed E-state index contributed by atoms with van der Waals surface area (Å²) in [6.07, 6.45) is -2.23. The van der Waals surface area contributed by atoms with Gasteiger partial charge in [0.2, 0.25) is 0 Å². The highest BCUT2D eigenvalue weighted by Gasteiger charge is 2.29. The molecule has 160 valence electrons. The van der Waals surface area contributed by atoms with Crippen LogP contribution in [-0.4, -0.2) is 45.5 Å². The number of nitrogens with zero attached hydrogens (tertiary/aromatic N) is 2. The van der Waals surface area contributed by atoms with Crippen LogP contribution in [-0.2, 0) is 4.74 Å². The third-order valence-corrected chi connectivity index (χ3v) is 5.52. The Labute approximate surface area is 183 Å². The maximum Gasteiger partial charge on any atom is 0.407 e. The first-order chi connectivity index (χ1) is 15.0. The van der Waals surface area contributed by atoms with Crippen LogP contribution in [0.3, 0.4) is 0 Å². The molecule has 1 amide bonds. The molecule has 2 unspecified atom stereocenters. The van der Waals surface area contributed by atoms with Crippen molar-refractivity contribution in [2.75, 3.05) is 18.9 Å². The van der Waals surface area contributed by atoms with Crippen LogP contribution in [0.15, 0.2) is 54.7 Å². The topological polar surface area (TPSA) is 131 Å². The number of halogens is 1. The van der Waals surface area contributed by atoms with Gasteiger partial charge in [-0.3, -0.25) is 0 Å². The quantitative estimate of drug-likeness (QED) is 0.463. The van der Waals surface area contributed by atoms with Gasteiger partial charge in [-0.25, -0.2) is 14.8 Å². The molecule has 4 rings (SSSR count). The number of ether oxygens (including phenoxy) is 1. The first-order valence-corrected chi connectivity index (χ1v) is 10.1. The summed E-state index contributed by atoms with van der Waals surface area (Å²) in [4.78, 5) is 19.9. The lowest BCUT2D eigenvalue weighted by Crippen LogP contribution is -2.36. The SMILES string of the molecule is Nc1ncc(C(O)C(O)CNC(=O)OCC2c3ccccc3-c3ccccc32)nc1Cl. The van der Waals surface area contributed by atoms with Gasteiger partial charge in [0.25, 0.3) is 0 Å². The van der Waals surface area contributed by atoms with Gasteiger partial charge in [0.05, 0.1) is 11.9 Å². The van der Waals surface area contributed by atoms with Gasteiger partial charge in [-0.05, 0) is 22.3 Å². The minimum atomic E-state index is -1.40.